The molecule has 136 valence electrons. The topological polar surface area (TPSA) is 105 Å². The van der Waals surface area contributed by atoms with Crippen molar-refractivity contribution in [3.63, 3.8) is 0 Å². The summed E-state index contributed by atoms with van der Waals surface area (Å²) in [4.78, 5) is 44.0. The van der Waals surface area contributed by atoms with Crippen molar-refractivity contribution in [2.45, 2.75) is 25.3 Å². The third kappa shape index (κ3) is 3.44. The quantitative estimate of drug-likeness (QED) is 0.739. The number of ketones is 1. The van der Waals surface area contributed by atoms with Crippen molar-refractivity contribution in [3.05, 3.63) is 87.5 Å². The summed E-state index contributed by atoms with van der Waals surface area (Å²) in [6, 6.07) is 8.54. The minimum absolute atomic E-state index is 0.0624. The standard InChI is InChI=1S/C20H17N3O4/c24-17-9-13(18-2-1-7-27-18)8-16-14(17)10-15(20(26)23-16)19(25)22-11-12-3-5-21-6-4-12/h1-7,10,13H,8-9,11H2,(H,22,25)(H,23,26). The number of nitrogens with zero attached hydrogens (tertiary/aromatic N) is 1. The molecule has 4 rings (SSSR count). The molecule has 7 nitrogen and oxygen atoms in total. The van der Waals surface area contributed by atoms with E-state index in [1.165, 1.54) is 6.07 Å². The summed E-state index contributed by atoms with van der Waals surface area (Å²) in [7, 11) is 0. The minimum Gasteiger partial charge on any atom is -0.469 e. The van der Waals surface area contributed by atoms with E-state index in [1.54, 1.807) is 36.9 Å². The molecule has 0 bridgehead atoms. The number of amides is 1. The number of Topliss-reactive ketones (excluding diaryl/α,β-unsaturated/α-hetero) is 1. The van der Waals surface area contributed by atoms with Gasteiger partial charge in [-0.3, -0.25) is 19.4 Å². The molecule has 1 amide bonds. The smallest absolute Gasteiger partial charge is 0.261 e. The van der Waals surface area contributed by atoms with E-state index in [4.69, 9.17) is 4.42 Å². The van der Waals surface area contributed by atoms with Crippen LogP contribution in [0.2, 0.25) is 0 Å². The summed E-state index contributed by atoms with van der Waals surface area (Å²) in [6.07, 6.45) is 5.59. The molecule has 1 unspecified atom stereocenters. The largest absolute Gasteiger partial charge is 0.469 e. The lowest BCUT2D eigenvalue weighted by molar-refractivity contribution is 0.0949. The Morgan fingerprint density at radius 3 is 2.78 bits per heavy atom. The third-order valence-corrected chi connectivity index (χ3v) is 4.70. The summed E-state index contributed by atoms with van der Waals surface area (Å²) in [6.45, 7) is 0.270. The van der Waals surface area contributed by atoms with Crippen molar-refractivity contribution < 1.29 is 14.0 Å². The molecular weight excluding hydrogens is 346 g/mol. The molecule has 2 N–H and O–H groups in total. The molecule has 0 spiro atoms. The molecule has 0 radical (unpaired) electrons. The summed E-state index contributed by atoms with van der Waals surface area (Å²) in [5.74, 6) is -0.0232. The third-order valence-electron chi connectivity index (χ3n) is 4.70. The molecule has 7 heteroatoms. The first-order valence-corrected chi connectivity index (χ1v) is 8.61. The van der Waals surface area contributed by atoms with E-state index in [2.05, 4.69) is 15.3 Å². The Balaban J connectivity index is 1.56. The van der Waals surface area contributed by atoms with Gasteiger partial charge in [-0.15, -0.1) is 0 Å². The van der Waals surface area contributed by atoms with E-state index in [-0.39, 0.29) is 30.2 Å². The van der Waals surface area contributed by atoms with Crippen LogP contribution in [0.15, 0.2) is 58.2 Å². The Labute approximate surface area is 154 Å². The number of aromatic amines is 1. The number of H-pyrrole nitrogens is 1. The van der Waals surface area contributed by atoms with Crippen LogP contribution in [0, 0.1) is 0 Å². The van der Waals surface area contributed by atoms with Gasteiger partial charge in [0.15, 0.2) is 5.78 Å². The van der Waals surface area contributed by atoms with Crippen LogP contribution in [0.5, 0.6) is 0 Å². The van der Waals surface area contributed by atoms with Gasteiger partial charge >= 0.3 is 0 Å². The number of rotatable bonds is 4. The molecule has 3 aromatic heterocycles. The molecule has 3 heterocycles. The van der Waals surface area contributed by atoms with Gasteiger partial charge in [-0.25, -0.2) is 0 Å². The summed E-state index contributed by atoms with van der Waals surface area (Å²) < 4.78 is 5.39. The highest BCUT2D eigenvalue weighted by molar-refractivity contribution is 6.02. The van der Waals surface area contributed by atoms with Crippen molar-refractivity contribution in [2.75, 3.05) is 0 Å². The molecule has 0 saturated carbocycles. The number of pyridine rings is 2. The average molecular weight is 363 g/mol. The van der Waals surface area contributed by atoms with Crippen molar-refractivity contribution in [2.24, 2.45) is 0 Å². The molecule has 0 aromatic carbocycles. The van der Waals surface area contributed by atoms with E-state index in [1.807, 2.05) is 6.07 Å². The first kappa shape index (κ1) is 17.0. The molecule has 1 aliphatic rings. The lowest BCUT2D eigenvalue weighted by atomic mass is 9.84. The lowest BCUT2D eigenvalue weighted by Gasteiger charge is -2.22. The molecule has 1 aliphatic carbocycles. The van der Waals surface area contributed by atoms with Crippen LogP contribution in [-0.2, 0) is 13.0 Å². The second-order valence-electron chi connectivity index (χ2n) is 6.49. The molecule has 0 saturated heterocycles. The number of hydrogen-bond acceptors (Lipinski definition) is 5. The van der Waals surface area contributed by atoms with Crippen molar-refractivity contribution in [1.29, 1.82) is 0 Å². The van der Waals surface area contributed by atoms with Crippen molar-refractivity contribution in [3.8, 4) is 0 Å². The predicted molar refractivity (Wildman–Crippen MR) is 96.6 cm³/mol. The maximum Gasteiger partial charge on any atom is 0.261 e. The van der Waals surface area contributed by atoms with E-state index >= 15 is 0 Å². The number of furan rings is 1. The van der Waals surface area contributed by atoms with Gasteiger partial charge in [-0.1, -0.05) is 0 Å². The van der Waals surface area contributed by atoms with Gasteiger partial charge in [-0.2, -0.15) is 0 Å². The molecule has 3 aromatic rings. The van der Waals surface area contributed by atoms with Crippen LogP contribution < -0.4 is 10.9 Å². The van der Waals surface area contributed by atoms with Gasteiger partial charge in [0.25, 0.3) is 11.5 Å². The van der Waals surface area contributed by atoms with Crippen LogP contribution in [0.1, 0.15) is 50.1 Å². The first-order valence-electron chi connectivity index (χ1n) is 8.61. The zero-order chi connectivity index (χ0) is 18.8. The number of fused-ring (bicyclic) bond motifs is 1. The van der Waals surface area contributed by atoms with Gasteiger partial charge < -0.3 is 14.7 Å². The normalized spacial score (nSPS) is 16.0. The van der Waals surface area contributed by atoms with E-state index in [9.17, 15) is 14.4 Å². The molecular formula is C20H17N3O4. The van der Waals surface area contributed by atoms with Gasteiger partial charge in [0.2, 0.25) is 0 Å². The Bertz CT molecular complexity index is 1040. The zero-order valence-electron chi connectivity index (χ0n) is 14.4. The highest BCUT2D eigenvalue weighted by Crippen LogP contribution is 2.31. The van der Waals surface area contributed by atoms with Gasteiger partial charge in [-0.05, 0) is 42.3 Å². The Morgan fingerprint density at radius 1 is 1.22 bits per heavy atom. The van der Waals surface area contributed by atoms with Gasteiger partial charge in [0, 0.05) is 42.5 Å². The van der Waals surface area contributed by atoms with Crippen molar-refractivity contribution >= 4 is 11.7 Å². The zero-order valence-corrected chi connectivity index (χ0v) is 14.4. The van der Waals surface area contributed by atoms with Gasteiger partial charge in [0.1, 0.15) is 11.3 Å². The Morgan fingerprint density at radius 2 is 2.04 bits per heavy atom. The van der Waals surface area contributed by atoms with E-state index in [0.717, 1.165) is 5.56 Å². The first-order chi connectivity index (χ1) is 13.1. The SMILES string of the molecule is O=C1CC(c2ccco2)Cc2[nH]c(=O)c(C(=O)NCc3ccncc3)cc21. The maximum atomic E-state index is 12.6. The maximum absolute atomic E-state index is 12.6. The monoisotopic (exact) mass is 363 g/mol. The summed E-state index contributed by atoms with van der Waals surface area (Å²) >= 11 is 0. The number of nitrogens with one attached hydrogen (secondary N) is 2. The second kappa shape index (κ2) is 7.03. The fraction of sp³-hybridized carbons (Fsp3) is 0.200. The van der Waals surface area contributed by atoms with Crippen LogP contribution in [0.25, 0.3) is 0 Å². The van der Waals surface area contributed by atoms with E-state index < -0.39 is 11.5 Å². The van der Waals surface area contributed by atoms with Crippen LogP contribution in [0.3, 0.4) is 0 Å². The average Bonchev–Trinajstić information content (AvgIpc) is 3.21. The van der Waals surface area contributed by atoms with Crippen LogP contribution in [-0.4, -0.2) is 21.7 Å². The Kier molecular flexibility index (Phi) is 4.42. The molecule has 1 atom stereocenters. The predicted octanol–water partition coefficient (Wildman–Crippen LogP) is 2.21. The fourth-order valence-electron chi connectivity index (χ4n) is 3.30. The van der Waals surface area contributed by atoms with E-state index in [0.29, 0.717) is 23.4 Å². The minimum atomic E-state index is -0.517. The highest BCUT2D eigenvalue weighted by atomic mass is 16.3. The van der Waals surface area contributed by atoms with Crippen LogP contribution >= 0.6 is 0 Å². The molecule has 27 heavy (non-hydrogen) atoms. The number of aromatic nitrogens is 2. The lowest BCUT2D eigenvalue weighted by Crippen LogP contribution is -2.32. The van der Waals surface area contributed by atoms with Crippen LogP contribution in [0.4, 0.5) is 0 Å². The van der Waals surface area contributed by atoms with Gasteiger partial charge in [0.05, 0.1) is 6.26 Å². The summed E-state index contributed by atoms with van der Waals surface area (Å²) in [5.41, 5.74) is 1.24. The highest BCUT2D eigenvalue weighted by Gasteiger charge is 2.30. The molecule has 0 fully saturated rings. The van der Waals surface area contributed by atoms with Crippen molar-refractivity contribution in [1.82, 2.24) is 15.3 Å². The number of carbonyl (C=O) groups excluding carboxylic acids is 2. The molecule has 0 aliphatic heterocycles. The fourth-order valence-corrected chi connectivity index (χ4v) is 3.30. The second-order valence-corrected chi connectivity index (χ2v) is 6.49. The number of hydrogen-bond donors (Lipinski definition) is 2. The Hall–Kier alpha value is -3.48. The summed E-state index contributed by atoms with van der Waals surface area (Å²) in [5, 5.41) is 2.70. The number of carbonyl (C=O) groups is 2.